The highest BCUT2D eigenvalue weighted by Gasteiger charge is 2.14. The van der Waals surface area contributed by atoms with Crippen LogP contribution in [0.15, 0.2) is 54.1 Å². The Labute approximate surface area is 90.0 Å². The summed E-state index contributed by atoms with van der Waals surface area (Å²) in [7, 11) is 0. The molecule has 1 aliphatic carbocycles. The van der Waals surface area contributed by atoms with Crippen LogP contribution in [-0.2, 0) is 0 Å². The predicted molar refractivity (Wildman–Crippen MR) is 64.7 cm³/mol. The smallest absolute Gasteiger partial charge is 0.0375 e. The third-order valence-corrected chi connectivity index (χ3v) is 2.76. The van der Waals surface area contributed by atoms with Gasteiger partial charge in [0.1, 0.15) is 0 Å². The van der Waals surface area contributed by atoms with Gasteiger partial charge >= 0.3 is 0 Å². The van der Waals surface area contributed by atoms with Crippen molar-refractivity contribution < 1.29 is 0 Å². The standard InChI is InChI=1S/C13H12S/c1-10-7-8-12(13(14)9-10)11-5-3-2-4-6-11/h2-9,12H,1H3. The van der Waals surface area contributed by atoms with Gasteiger partial charge in [-0.25, -0.2) is 0 Å². The molecule has 1 heteroatoms. The van der Waals surface area contributed by atoms with Gasteiger partial charge in [0.15, 0.2) is 0 Å². The summed E-state index contributed by atoms with van der Waals surface area (Å²) in [5.74, 6) is 0.287. The largest absolute Gasteiger partial charge is 0.0839 e. The summed E-state index contributed by atoms with van der Waals surface area (Å²) in [6.07, 6.45) is 6.38. The lowest BCUT2D eigenvalue weighted by atomic mass is 9.90. The monoisotopic (exact) mass is 200 g/mol. The molecule has 0 amide bonds. The molecule has 0 saturated carbocycles. The van der Waals surface area contributed by atoms with Crippen LogP contribution in [0.2, 0.25) is 0 Å². The first-order valence-electron chi connectivity index (χ1n) is 4.72. The van der Waals surface area contributed by atoms with Crippen molar-refractivity contribution in [2.24, 2.45) is 0 Å². The molecular formula is C13H12S. The summed E-state index contributed by atoms with van der Waals surface area (Å²) in [6, 6.07) is 10.4. The number of hydrogen-bond donors (Lipinski definition) is 0. The van der Waals surface area contributed by atoms with Gasteiger partial charge in [-0.15, -0.1) is 0 Å². The first-order valence-corrected chi connectivity index (χ1v) is 5.13. The Bertz CT molecular complexity index is 399. The zero-order valence-electron chi connectivity index (χ0n) is 8.10. The van der Waals surface area contributed by atoms with Crippen molar-refractivity contribution in [3.8, 4) is 0 Å². The van der Waals surface area contributed by atoms with E-state index in [1.54, 1.807) is 0 Å². The van der Waals surface area contributed by atoms with Gasteiger partial charge in [0.25, 0.3) is 0 Å². The fraction of sp³-hybridized carbons (Fsp3) is 0.154. The van der Waals surface area contributed by atoms with Gasteiger partial charge < -0.3 is 0 Å². The molecular weight excluding hydrogens is 188 g/mol. The second kappa shape index (κ2) is 3.89. The molecule has 1 unspecified atom stereocenters. The van der Waals surface area contributed by atoms with Gasteiger partial charge in [-0.3, -0.25) is 0 Å². The van der Waals surface area contributed by atoms with Crippen molar-refractivity contribution in [1.29, 1.82) is 0 Å². The second-order valence-electron chi connectivity index (χ2n) is 3.54. The molecule has 0 aromatic heterocycles. The topological polar surface area (TPSA) is 0 Å². The number of hydrogen-bond acceptors (Lipinski definition) is 1. The number of benzene rings is 1. The van der Waals surface area contributed by atoms with Gasteiger partial charge in [0, 0.05) is 10.8 Å². The molecule has 2 rings (SSSR count). The molecule has 0 N–H and O–H groups in total. The van der Waals surface area contributed by atoms with E-state index >= 15 is 0 Å². The molecule has 1 aromatic carbocycles. The number of allylic oxidation sites excluding steroid dienone is 4. The van der Waals surface area contributed by atoms with Crippen molar-refractivity contribution >= 4 is 17.1 Å². The minimum absolute atomic E-state index is 0.287. The van der Waals surface area contributed by atoms with Gasteiger partial charge in [0.05, 0.1) is 0 Å². The zero-order chi connectivity index (χ0) is 9.97. The van der Waals surface area contributed by atoms with Crippen LogP contribution in [0.5, 0.6) is 0 Å². The van der Waals surface area contributed by atoms with Crippen LogP contribution in [0.1, 0.15) is 18.4 Å². The van der Waals surface area contributed by atoms with Crippen molar-refractivity contribution in [3.05, 3.63) is 59.7 Å². The normalized spacial score (nSPS) is 20.8. The Kier molecular flexibility index (Phi) is 2.60. The first kappa shape index (κ1) is 9.35. The summed E-state index contributed by atoms with van der Waals surface area (Å²) < 4.78 is 0. The van der Waals surface area contributed by atoms with Crippen molar-refractivity contribution in [1.82, 2.24) is 0 Å². The molecule has 0 fully saturated rings. The van der Waals surface area contributed by atoms with Gasteiger partial charge in [-0.2, -0.15) is 0 Å². The fourth-order valence-electron chi connectivity index (χ4n) is 1.64. The van der Waals surface area contributed by atoms with Gasteiger partial charge in [-0.1, -0.05) is 60.3 Å². The van der Waals surface area contributed by atoms with Crippen LogP contribution in [0.4, 0.5) is 0 Å². The first-order chi connectivity index (χ1) is 6.77. The quantitative estimate of drug-likeness (QED) is 0.623. The molecule has 0 radical (unpaired) electrons. The summed E-state index contributed by atoms with van der Waals surface area (Å²) in [5, 5.41) is 0. The van der Waals surface area contributed by atoms with Gasteiger partial charge in [-0.05, 0) is 18.6 Å². The van der Waals surface area contributed by atoms with E-state index in [1.165, 1.54) is 11.1 Å². The van der Waals surface area contributed by atoms with E-state index in [0.717, 1.165) is 4.86 Å². The average molecular weight is 200 g/mol. The van der Waals surface area contributed by atoms with E-state index in [9.17, 15) is 0 Å². The van der Waals surface area contributed by atoms with Crippen LogP contribution >= 0.6 is 12.2 Å². The Morgan fingerprint density at radius 1 is 1.14 bits per heavy atom. The molecule has 14 heavy (non-hydrogen) atoms. The molecule has 1 atom stereocenters. The molecule has 1 aromatic rings. The van der Waals surface area contributed by atoms with E-state index in [2.05, 4.69) is 49.4 Å². The second-order valence-corrected chi connectivity index (χ2v) is 4.01. The minimum atomic E-state index is 0.287. The van der Waals surface area contributed by atoms with E-state index in [0.29, 0.717) is 0 Å². The maximum absolute atomic E-state index is 5.36. The summed E-state index contributed by atoms with van der Waals surface area (Å²) in [6.45, 7) is 2.07. The third-order valence-electron chi connectivity index (χ3n) is 2.39. The maximum atomic E-state index is 5.36. The van der Waals surface area contributed by atoms with E-state index < -0.39 is 0 Å². The van der Waals surface area contributed by atoms with E-state index in [1.807, 2.05) is 6.07 Å². The maximum Gasteiger partial charge on any atom is 0.0375 e. The van der Waals surface area contributed by atoms with Gasteiger partial charge in [0.2, 0.25) is 0 Å². The van der Waals surface area contributed by atoms with Crippen LogP contribution in [0.25, 0.3) is 0 Å². The highest BCUT2D eigenvalue weighted by Crippen LogP contribution is 2.24. The molecule has 0 bridgehead atoms. The third kappa shape index (κ3) is 1.83. The van der Waals surface area contributed by atoms with Crippen LogP contribution < -0.4 is 0 Å². The molecule has 0 nitrogen and oxygen atoms in total. The summed E-state index contributed by atoms with van der Waals surface area (Å²) in [4.78, 5) is 1.01. The molecule has 0 saturated heterocycles. The Balaban J connectivity index is 2.31. The predicted octanol–water partition coefficient (Wildman–Crippen LogP) is 3.66. The summed E-state index contributed by atoms with van der Waals surface area (Å²) in [5.41, 5.74) is 2.51. The van der Waals surface area contributed by atoms with E-state index in [-0.39, 0.29) is 5.92 Å². The molecule has 0 aliphatic heterocycles. The summed E-state index contributed by atoms with van der Waals surface area (Å²) >= 11 is 5.36. The number of thiocarbonyl (C=S) groups is 1. The Hall–Kier alpha value is -1.21. The van der Waals surface area contributed by atoms with Crippen LogP contribution in [0, 0.1) is 0 Å². The lowest BCUT2D eigenvalue weighted by Gasteiger charge is -2.16. The highest BCUT2D eigenvalue weighted by atomic mass is 32.1. The van der Waals surface area contributed by atoms with Crippen LogP contribution in [-0.4, -0.2) is 4.86 Å². The van der Waals surface area contributed by atoms with E-state index in [4.69, 9.17) is 12.2 Å². The molecule has 0 heterocycles. The zero-order valence-corrected chi connectivity index (χ0v) is 8.92. The lowest BCUT2D eigenvalue weighted by Crippen LogP contribution is -2.08. The van der Waals surface area contributed by atoms with Crippen molar-refractivity contribution in [3.63, 3.8) is 0 Å². The molecule has 70 valence electrons. The number of rotatable bonds is 1. The van der Waals surface area contributed by atoms with Crippen LogP contribution in [0.3, 0.4) is 0 Å². The highest BCUT2D eigenvalue weighted by molar-refractivity contribution is 7.80. The van der Waals surface area contributed by atoms with Crippen molar-refractivity contribution in [2.45, 2.75) is 12.8 Å². The SMILES string of the molecule is CC1=CC(=S)C(c2ccccc2)C=C1. The minimum Gasteiger partial charge on any atom is -0.0839 e. The Morgan fingerprint density at radius 3 is 2.50 bits per heavy atom. The molecule has 1 aliphatic rings. The average Bonchev–Trinajstić information content (AvgIpc) is 2.19. The Morgan fingerprint density at radius 2 is 1.86 bits per heavy atom. The molecule has 0 spiro atoms. The van der Waals surface area contributed by atoms with Crippen molar-refractivity contribution in [2.75, 3.05) is 0 Å². The lowest BCUT2D eigenvalue weighted by molar-refractivity contribution is 1.15. The fourth-order valence-corrected chi connectivity index (χ4v) is 2.04.